The summed E-state index contributed by atoms with van der Waals surface area (Å²) in [5, 5.41) is 17.8. The maximum atomic E-state index is 16.0. The van der Waals surface area contributed by atoms with Crippen LogP contribution in [0, 0.1) is 17.7 Å². The molecule has 45 heavy (non-hydrogen) atoms. The number of likely N-dealkylation sites (tertiary alicyclic amines) is 1. The van der Waals surface area contributed by atoms with E-state index in [1.165, 1.54) is 18.2 Å². The Kier molecular flexibility index (Phi) is 7.07. The molecule has 3 aliphatic rings. The summed E-state index contributed by atoms with van der Waals surface area (Å²) in [5.41, 5.74) is -0.544. The van der Waals surface area contributed by atoms with Crippen molar-refractivity contribution in [2.75, 3.05) is 18.5 Å². The van der Waals surface area contributed by atoms with Gasteiger partial charge in [-0.2, -0.15) is 5.10 Å². The van der Waals surface area contributed by atoms with Gasteiger partial charge < -0.3 is 15.2 Å². The Morgan fingerprint density at radius 2 is 1.89 bits per heavy atom. The summed E-state index contributed by atoms with van der Waals surface area (Å²) >= 11 is 12.4. The Hall–Kier alpha value is -3.80. The van der Waals surface area contributed by atoms with Gasteiger partial charge in [-0.3, -0.25) is 9.69 Å². The molecule has 1 aliphatic carbocycles. The minimum atomic E-state index is -2.88. The molecule has 8 nitrogen and oxygen atoms in total. The maximum absolute atomic E-state index is 16.0. The lowest BCUT2D eigenvalue weighted by Crippen LogP contribution is -2.57. The van der Waals surface area contributed by atoms with Crippen LogP contribution in [0.3, 0.4) is 0 Å². The van der Waals surface area contributed by atoms with E-state index in [9.17, 15) is 23.5 Å². The van der Waals surface area contributed by atoms with E-state index in [1.54, 1.807) is 59.0 Å². The monoisotopic (exact) mass is 658 g/mol. The predicted octanol–water partition coefficient (Wildman–Crippen LogP) is 6.71. The number of fused-ring (bicyclic) bond motifs is 4. The Balaban J connectivity index is 1.38. The highest BCUT2D eigenvalue weighted by molar-refractivity contribution is 6.31. The first-order valence-corrected chi connectivity index (χ1v) is 15.2. The zero-order valence-corrected chi connectivity index (χ0v) is 25.3. The number of aromatic carboxylic acids is 1. The molecule has 0 radical (unpaired) electrons. The lowest BCUT2D eigenvalue weighted by molar-refractivity contribution is -0.127. The first-order chi connectivity index (χ1) is 21.4. The van der Waals surface area contributed by atoms with E-state index in [0.717, 1.165) is 0 Å². The maximum Gasteiger partial charge on any atom is 0.335 e. The molecule has 2 fully saturated rings. The minimum Gasteiger partial charge on any atom is -0.478 e. The molecular weight excluding hydrogens is 632 g/mol. The van der Waals surface area contributed by atoms with Gasteiger partial charge in [-0.1, -0.05) is 41.4 Å². The Morgan fingerprint density at radius 3 is 2.60 bits per heavy atom. The molecule has 1 saturated heterocycles. The van der Waals surface area contributed by atoms with Gasteiger partial charge in [-0.25, -0.2) is 22.6 Å². The van der Waals surface area contributed by atoms with Gasteiger partial charge >= 0.3 is 5.97 Å². The van der Waals surface area contributed by atoms with E-state index in [1.807, 2.05) is 0 Å². The highest BCUT2D eigenvalue weighted by atomic mass is 35.5. The van der Waals surface area contributed by atoms with Crippen LogP contribution in [0.1, 0.15) is 35.2 Å². The van der Waals surface area contributed by atoms with Crippen molar-refractivity contribution >= 4 is 51.7 Å². The van der Waals surface area contributed by atoms with Gasteiger partial charge in [0.25, 0.3) is 5.92 Å². The number of ether oxygens (including phenoxy) is 1. The fourth-order valence-electron chi connectivity index (χ4n) is 7.14. The number of anilines is 1. The highest BCUT2D eigenvalue weighted by Gasteiger charge is 2.66. The minimum absolute atomic E-state index is 0.0108. The van der Waals surface area contributed by atoms with Crippen molar-refractivity contribution < 1.29 is 32.6 Å². The molecule has 7 rings (SSSR count). The molecule has 3 heterocycles. The molecule has 1 unspecified atom stereocenters. The fraction of sp³-hybridized carbons (Fsp3) is 0.344. The summed E-state index contributed by atoms with van der Waals surface area (Å²) in [6, 6.07) is 15.0. The number of nitrogens with one attached hydrogen (secondary N) is 1. The number of aromatic nitrogens is 2. The van der Waals surface area contributed by atoms with Crippen LogP contribution < -0.4 is 10.1 Å². The Labute approximate surface area is 265 Å². The van der Waals surface area contributed by atoms with E-state index in [-0.39, 0.29) is 42.3 Å². The van der Waals surface area contributed by atoms with Gasteiger partial charge in [-0.15, -0.1) is 0 Å². The van der Waals surface area contributed by atoms with Crippen LogP contribution in [-0.2, 0) is 11.3 Å². The van der Waals surface area contributed by atoms with Crippen LogP contribution in [0.25, 0.3) is 10.9 Å². The molecule has 0 bridgehead atoms. The predicted molar refractivity (Wildman–Crippen MR) is 162 cm³/mol. The van der Waals surface area contributed by atoms with Crippen molar-refractivity contribution in [3.63, 3.8) is 0 Å². The third-order valence-corrected chi connectivity index (χ3v) is 10.00. The van der Waals surface area contributed by atoms with Crippen LogP contribution in [0.4, 0.5) is 18.9 Å². The number of carbonyl (C=O) groups excluding carboxylic acids is 1. The number of carbonyl (C=O) groups is 2. The summed E-state index contributed by atoms with van der Waals surface area (Å²) in [4.78, 5) is 27.8. The summed E-state index contributed by atoms with van der Waals surface area (Å²) in [7, 11) is 0. The highest BCUT2D eigenvalue weighted by Crippen LogP contribution is 2.56. The lowest BCUT2D eigenvalue weighted by atomic mass is 9.74. The van der Waals surface area contributed by atoms with Gasteiger partial charge in [0.05, 0.1) is 27.5 Å². The van der Waals surface area contributed by atoms with Crippen LogP contribution in [-0.4, -0.2) is 62.3 Å². The van der Waals surface area contributed by atoms with E-state index < -0.39 is 53.0 Å². The number of hydrogen-bond acceptors (Lipinski definition) is 5. The zero-order chi connectivity index (χ0) is 31.8. The third kappa shape index (κ3) is 4.92. The van der Waals surface area contributed by atoms with Crippen molar-refractivity contribution in [1.82, 2.24) is 14.7 Å². The van der Waals surface area contributed by atoms with Gasteiger partial charge in [-0.05, 0) is 55.0 Å². The van der Waals surface area contributed by atoms with Gasteiger partial charge in [0.1, 0.15) is 18.0 Å². The molecule has 5 atom stereocenters. The summed E-state index contributed by atoms with van der Waals surface area (Å²) in [6.45, 7) is 1.64. The second-order valence-electron chi connectivity index (χ2n) is 12.1. The van der Waals surface area contributed by atoms with Gasteiger partial charge in [0.2, 0.25) is 11.8 Å². The number of amides is 1. The molecule has 2 aliphatic heterocycles. The van der Waals surface area contributed by atoms with E-state index >= 15 is 4.39 Å². The molecule has 3 aromatic carbocycles. The number of carboxylic acids is 1. The van der Waals surface area contributed by atoms with Crippen molar-refractivity contribution in [2.45, 2.75) is 43.3 Å². The molecule has 2 N–H and O–H groups in total. The average Bonchev–Trinajstić information content (AvgIpc) is 3.42. The quantitative estimate of drug-likeness (QED) is 0.239. The van der Waals surface area contributed by atoms with Crippen molar-refractivity contribution in [1.29, 1.82) is 0 Å². The fourth-order valence-corrected chi connectivity index (χ4v) is 7.51. The van der Waals surface area contributed by atoms with Crippen LogP contribution in [0.2, 0.25) is 10.0 Å². The second-order valence-corrected chi connectivity index (χ2v) is 13.0. The number of halogens is 5. The molecule has 1 saturated carbocycles. The van der Waals surface area contributed by atoms with E-state index in [0.29, 0.717) is 27.5 Å². The molecule has 4 aromatic rings. The van der Waals surface area contributed by atoms with Crippen LogP contribution in [0.5, 0.6) is 5.88 Å². The summed E-state index contributed by atoms with van der Waals surface area (Å²) in [5.74, 6) is -7.27. The smallest absolute Gasteiger partial charge is 0.335 e. The summed E-state index contributed by atoms with van der Waals surface area (Å²) < 4.78 is 52.8. The first kappa shape index (κ1) is 29.9. The van der Waals surface area contributed by atoms with Gasteiger partial charge in [0, 0.05) is 48.0 Å². The van der Waals surface area contributed by atoms with E-state index in [2.05, 4.69) is 10.4 Å². The average molecular weight is 659 g/mol. The Morgan fingerprint density at radius 1 is 1.13 bits per heavy atom. The van der Waals surface area contributed by atoms with Gasteiger partial charge in [0.15, 0.2) is 0 Å². The molecule has 0 spiro atoms. The van der Waals surface area contributed by atoms with Crippen LogP contribution >= 0.6 is 23.2 Å². The lowest BCUT2D eigenvalue weighted by Gasteiger charge is -2.40. The largest absolute Gasteiger partial charge is 0.478 e. The third-order valence-electron chi connectivity index (χ3n) is 9.47. The normalized spacial score (nSPS) is 26.9. The van der Waals surface area contributed by atoms with Crippen molar-refractivity contribution in [3.8, 4) is 5.88 Å². The SMILES string of the molecule is C[C@]1(C(=O)Nc2cccc(Cl)c2)[C@@H](c2cccc(Cl)c2F)[C@@H]2Cn3nc4cc(C(=O)O)ccc4c3OC[C@@H]2N1CC1CC1(F)F. The number of alkyl halides is 2. The summed E-state index contributed by atoms with van der Waals surface area (Å²) in [6.07, 6.45) is -0.317. The zero-order valence-electron chi connectivity index (χ0n) is 23.8. The van der Waals surface area contributed by atoms with Crippen molar-refractivity contribution in [3.05, 3.63) is 87.7 Å². The molecule has 234 valence electrons. The first-order valence-electron chi connectivity index (χ1n) is 14.4. The number of hydrogen-bond donors (Lipinski definition) is 2. The number of rotatable bonds is 6. The number of carboxylic acid groups (broad SMARTS) is 1. The Bertz CT molecular complexity index is 1870. The van der Waals surface area contributed by atoms with E-state index in [4.69, 9.17) is 27.9 Å². The number of benzene rings is 3. The number of nitrogens with zero attached hydrogens (tertiary/aromatic N) is 3. The van der Waals surface area contributed by atoms with Crippen molar-refractivity contribution in [2.24, 2.45) is 11.8 Å². The molecule has 1 aromatic heterocycles. The molecular formula is C32H27Cl2F3N4O4. The standard InChI is InChI=1S/C32H27Cl2F3N4O4/c1-31(30(44)38-19-5-2-4-18(33)11-19)26(21-6-3-7-23(34)27(21)35)22-14-41-28(20-9-8-16(29(42)43)10-24(20)39-41)45-15-25(22)40(31)13-17-12-32(17,36)37/h2-11,17,22,25-26H,12-15H2,1H3,(H,38,44)(H,42,43)/t17?,22-,25+,26+,31-/m1/s1. The molecule has 13 heteroatoms. The second kappa shape index (κ2) is 10.6. The topological polar surface area (TPSA) is 96.7 Å². The molecule has 1 amide bonds. The van der Waals surface area contributed by atoms with Crippen LogP contribution in [0.15, 0.2) is 60.7 Å².